The number of aromatic amines is 2. The number of nitrogens with one attached hydrogen (secondary N) is 2. The predicted octanol–water partition coefficient (Wildman–Crippen LogP) is 2.69. The van der Waals surface area contributed by atoms with E-state index in [1.165, 1.54) is 13.2 Å². The Kier molecular flexibility index (Phi) is 3.46. The van der Waals surface area contributed by atoms with Gasteiger partial charge in [-0.1, -0.05) is 12.1 Å². The van der Waals surface area contributed by atoms with Gasteiger partial charge in [-0.25, -0.2) is 10.1 Å². The molecule has 0 spiro atoms. The average molecular weight is 334 g/mol. The number of benzene rings is 2. The number of methoxy groups -OCH3 is 1. The lowest BCUT2D eigenvalue weighted by Gasteiger charge is -2.06. The van der Waals surface area contributed by atoms with Gasteiger partial charge >= 0.3 is 0 Å². The Morgan fingerprint density at radius 2 is 1.96 bits per heavy atom. The minimum absolute atomic E-state index is 0.0354. The Morgan fingerprint density at radius 1 is 1.12 bits per heavy atom. The van der Waals surface area contributed by atoms with E-state index in [1.807, 2.05) is 24.3 Å². The molecule has 2 heterocycles. The molecular formula is C18H14N4O3. The molecule has 0 fully saturated rings. The van der Waals surface area contributed by atoms with E-state index in [0.29, 0.717) is 28.4 Å². The molecule has 3 N–H and O–H groups in total. The largest absolute Gasteiger partial charge is 0.504 e. The average Bonchev–Trinajstić information content (AvgIpc) is 3.06. The van der Waals surface area contributed by atoms with Crippen molar-refractivity contribution in [1.82, 2.24) is 20.2 Å². The van der Waals surface area contributed by atoms with Crippen LogP contribution in [-0.4, -0.2) is 32.4 Å². The fraction of sp³-hybridized carbons (Fsp3) is 0.0556. The van der Waals surface area contributed by atoms with Crippen molar-refractivity contribution in [1.29, 1.82) is 0 Å². The Balaban J connectivity index is 1.85. The highest BCUT2D eigenvalue weighted by Crippen LogP contribution is 2.31. The first-order valence-corrected chi connectivity index (χ1v) is 7.58. The summed E-state index contributed by atoms with van der Waals surface area (Å²) in [6.07, 6.45) is 0. The van der Waals surface area contributed by atoms with Gasteiger partial charge in [-0.2, -0.15) is 5.10 Å². The zero-order chi connectivity index (χ0) is 17.4. The SMILES string of the molecule is COc1cc(-c2cc(-c3nc4ccccc4[nH]3)c(=O)[nH]n2)ccc1O. The highest BCUT2D eigenvalue weighted by Gasteiger charge is 2.13. The highest BCUT2D eigenvalue weighted by atomic mass is 16.5. The van der Waals surface area contributed by atoms with Crippen molar-refractivity contribution in [2.24, 2.45) is 0 Å². The summed E-state index contributed by atoms with van der Waals surface area (Å²) in [6, 6.07) is 14.1. The molecule has 0 saturated carbocycles. The maximum Gasteiger partial charge on any atom is 0.275 e. The number of hydrogen-bond donors (Lipinski definition) is 3. The molecule has 25 heavy (non-hydrogen) atoms. The van der Waals surface area contributed by atoms with Crippen LogP contribution in [-0.2, 0) is 0 Å². The van der Waals surface area contributed by atoms with Crippen LogP contribution in [0.2, 0.25) is 0 Å². The van der Waals surface area contributed by atoms with E-state index in [-0.39, 0.29) is 11.3 Å². The predicted molar refractivity (Wildman–Crippen MR) is 93.6 cm³/mol. The fourth-order valence-corrected chi connectivity index (χ4v) is 2.65. The lowest BCUT2D eigenvalue weighted by Crippen LogP contribution is -2.12. The number of nitrogens with zero attached hydrogens (tertiary/aromatic N) is 2. The van der Waals surface area contributed by atoms with E-state index in [2.05, 4.69) is 20.2 Å². The molecular weight excluding hydrogens is 320 g/mol. The van der Waals surface area contributed by atoms with Gasteiger partial charge in [-0.05, 0) is 36.4 Å². The van der Waals surface area contributed by atoms with Crippen molar-refractivity contribution < 1.29 is 9.84 Å². The van der Waals surface area contributed by atoms with Crippen molar-refractivity contribution in [2.45, 2.75) is 0 Å². The molecule has 0 aliphatic rings. The summed E-state index contributed by atoms with van der Waals surface area (Å²) in [4.78, 5) is 19.8. The number of hydrogen-bond acceptors (Lipinski definition) is 5. The Morgan fingerprint density at radius 3 is 2.76 bits per heavy atom. The minimum Gasteiger partial charge on any atom is -0.504 e. The number of ether oxygens (including phenoxy) is 1. The molecule has 2 aromatic carbocycles. The number of H-pyrrole nitrogens is 2. The Labute approximate surface area is 141 Å². The summed E-state index contributed by atoms with van der Waals surface area (Å²) >= 11 is 0. The smallest absolute Gasteiger partial charge is 0.275 e. The summed E-state index contributed by atoms with van der Waals surface area (Å²) < 4.78 is 5.12. The van der Waals surface area contributed by atoms with Crippen LogP contribution in [0.15, 0.2) is 53.3 Å². The topological polar surface area (TPSA) is 104 Å². The van der Waals surface area contributed by atoms with Gasteiger partial charge in [0.15, 0.2) is 11.5 Å². The first-order chi connectivity index (χ1) is 12.2. The quantitative estimate of drug-likeness (QED) is 0.534. The number of imidazole rings is 1. The fourth-order valence-electron chi connectivity index (χ4n) is 2.65. The molecule has 0 radical (unpaired) electrons. The maximum atomic E-state index is 12.2. The third-order valence-electron chi connectivity index (χ3n) is 3.92. The molecule has 0 atom stereocenters. The second-order valence-electron chi connectivity index (χ2n) is 5.49. The van der Waals surface area contributed by atoms with Gasteiger partial charge in [-0.3, -0.25) is 4.79 Å². The molecule has 4 aromatic rings. The summed E-state index contributed by atoms with van der Waals surface area (Å²) in [5.74, 6) is 0.834. The van der Waals surface area contributed by atoms with Crippen molar-refractivity contribution in [3.05, 3.63) is 58.9 Å². The standard InChI is InChI=1S/C18H14N4O3/c1-25-16-8-10(6-7-15(16)23)14-9-11(18(24)22-21-14)17-19-12-4-2-3-5-13(12)20-17/h2-9,23H,1H3,(H,19,20)(H,22,24). The third kappa shape index (κ3) is 2.61. The van der Waals surface area contributed by atoms with Gasteiger partial charge in [0.2, 0.25) is 0 Å². The molecule has 4 rings (SSSR count). The first-order valence-electron chi connectivity index (χ1n) is 7.58. The zero-order valence-electron chi connectivity index (χ0n) is 13.3. The van der Waals surface area contributed by atoms with Crippen molar-refractivity contribution in [2.75, 3.05) is 7.11 Å². The molecule has 0 bridgehead atoms. The van der Waals surface area contributed by atoms with E-state index in [4.69, 9.17) is 4.74 Å². The van der Waals surface area contributed by atoms with Crippen molar-refractivity contribution in [3.63, 3.8) is 0 Å². The van der Waals surface area contributed by atoms with Crippen LogP contribution in [0.1, 0.15) is 0 Å². The number of aromatic hydroxyl groups is 1. The van der Waals surface area contributed by atoms with E-state index in [1.54, 1.807) is 18.2 Å². The zero-order valence-corrected chi connectivity index (χ0v) is 13.3. The van der Waals surface area contributed by atoms with Crippen LogP contribution in [0.5, 0.6) is 11.5 Å². The van der Waals surface area contributed by atoms with Gasteiger partial charge < -0.3 is 14.8 Å². The number of phenols is 1. The van der Waals surface area contributed by atoms with Crippen molar-refractivity contribution in [3.8, 4) is 34.1 Å². The van der Waals surface area contributed by atoms with E-state index in [9.17, 15) is 9.90 Å². The lowest BCUT2D eigenvalue weighted by atomic mass is 10.1. The molecule has 7 heteroatoms. The second kappa shape index (κ2) is 5.79. The Hall–Kier alpha value is -3.61. The summed E-state index contributed by atoms with van der Waals surface area (Å²) in [5, 5.41) is 16.3. The number of fused-ring (bicyclic) bond motifs is 1. The molecule has 7 nitrogen and oxygen atoms in total. The Bertz CT molecular complexity index is 1100. The van der Waals surface area contributed by atoms with Gasteiger partial charge in [0.1, 0.15) is 5.82 Å². The molecule has 0 saturated heterocycles. The van der Waals surface area contributed by atoms with Gasteiger partial charge in [0, 0.05) is 5.56 Å². The number of phenolic OH excluding ortho intramolecular Hbond substituents is 1. The summed E-state index contributed by atoms with van der Waals surface area (Å²) in [6.45, 7) is 0. The third-order valence-corrected chi connectivity index (χ3v) is 3.92. The molecule has 124 valence electrons. The molecule has 0 unspecified atom stereocenters. The van der Waals surface area contributed by atoms with E-state index in [0.717, 1.165) is 11.0 Å². The van der Waals surface area contributed by atoms with Crippen molar-refractivity contribution >= 4 is 11.0 Å². The van der Waals surface area contributed by atoms with E-state index >= 15 is 0 Å². The van der Waals surface area contributed by atoms with E-state index < -0.39 is 0 Å². The van der Waals surface area contributed by atoms with Crippen LogP contribution in [0.25, 0.3) is 33.7 Å². The van der Waals surface area contributed by atoms with Crippen LogP contribution in [0, 0.1) is 0 Å². The highest BCUT2D eigenvalue weighted by molar-refractivity contribution is 5.79. The molecule has 0 aliphatic carbocycles. The van der Waals surface area contributed by atoms with Crippen LogP contribution in [0.3, 0.4) is 0 Å². The second-order valence-corrected chi connectivity index (χ2v) is 5.49. The van der Waals surface area contributed by atoms with Crippen LogP contribution < -0.4 is 10.3 Å². The minimum atomic E-state index is -0.339. The van der Waals surface area contributed by atoms with Gasteiger partial charge in [-0.15, -0.1) is 0 Å². The number of para-hydroxylation sites is 2. The molecule has 0 amide bonds. The van der Waals surface area contributed by atoms with Gasteiger partial charge in [0.25, 0.3) is 5.56 Å². The molecule has 2 aromatic heterocycles. The number of aromatic nitrogens is 4. The number of rotatable bonds is 3. The maximum absolute atomic E-state index is 12.2. The monoisotopic (exact) mass is 334 g/mol. The van der Waals surface area contributed by atoms with Gasteiger partial charge in [0.05, 0.1) is 29.4 Å². The first kappa shape index (κ1) is 14.9. The van der Waals surface area contributed by atoms with Crippen LogP contribution in [0.4, 0.5) is 0 Å². The van der Waals surface area contributed by atoms with Crippen LogP contribution >= 0.6 is 0 Å². The summed E-state index contributed by atoms with van der Waals surface area (Å²) in [5.41, 5.74) is 2.90. The normalized spacial score (nSPS) is 10.9. The summed E-state index contributed by atoms with van der Waals surface area (Å²) in [7, 11) is 1.47. The molecule has 0 aliphatic heterocycles. The lowest BCUT2D eigenvalue weighted by molar-refractivity contribution is 0.373.